The number of ether oxygens (including phenoxy) is 3. The van der Waals surface area contributed by atoms with Gasteiger partial charge in [-0.3, -0.25) is 4.79 Å². The first kappa shape index (κ1) is 15.8. The maximum absolute atomic E-state index is 11.2. The number of hydrogen-bond donors (Lipinski definition) is 2. The standard InChI is InChI=1S/C10H19NO6/c1-3-16-10(17-4-2)5-11-8(12)6-15-7-9(13)14/h10H,3-7H2,1-2H3,(H,11,12)(H,13,14). The third-order valence-corrected chi connectivity index (χ3v) is 1.63. The molecule has 1 amide bonds. The molecule has 0 aliphatic rings. The molecule has 17 heavy (non-hydrogen) atoms. The lowest BCUT2D eigenvalue weighted by molar-refractivity contribution is -0.146. The average Bonchev–Trinajstić information content (AvgIpc) is 2.26. The molecule has 0 aromatic heterocycles. The number of carboxylic acids is 1. The summed E-state index contributed by atoms with van der Waals surface area (Å²) in [6.07, 6.45) is -0.492. The van der Waals surface area contributed by atoms with E-state index >= 15 is 0 Å². The van der Waals surface area contributed by atoms with Crippen molar-refractivity contribution in [3.63, 3.8) is 0 Å². The molecule has 0 heterocycles. The number of aliphatic carboxylic acids is 1. The van der Waals surface area contributed by atoms with Gasteiger partial charge in [-0.05, 0) is 13.8 Å². The number of rotatable bonds is 10. The fraction of sp³-hybridized carbons (Fsp3) is 0.800. The highest BCUT2D eigenvalue weighted by Gasteiger charge is 2.10. The van der Waals surface area contributed by atoms with Gasteiger partial charge in [-0.25, -0.2) is 4.79 Å². The highest BCUT2D eigenvalue weighted by molar-refractivity contribution is 5.77. The Hall–Kier alpha value is -1.18. The lowest BCUT2D eigenvalue weighted by Crippen LogP contribution is -2.37. The fourth-order valence-electron chi connectivity index (χ4n) is 1.02. The molecule has 0 bridgehead atoms. The van der Waals surface area contributed by atoms with Crippen LogP contribution in [0.1, 0.15) is 13.8 Å². The van der Waals surface area contributed by atoms with Crippen LogP contribution in [0.4, 0.5) is 0 Å². The number of carbonyl (C=O) groups excluding carboxylic acids is 1. The molecule has 0 unspecified atom stereocenters. The van der Waals surface area contributed by atoms with Gasteiger partial charge in [0, 0.05) is 13.2 Å². The molecule has 100 valence electrons. The van der Waals surface area contributed by atoms with Gasteiger partial charge in [0.2, 0.25) is 5.91 Å². The van der Waals surface area contributed by atoms with E-state index in [4.69, 9.17) is 14.6 Å². The zero-order valence-electron chi connectivity index (χ0n) is 10.1. The molecule has 0 saturated heterocycles. The summed E-state index contributed by atoms with van der Waals surface area (Å²) in [6.45, 7) is 4.03. The van der Waals surface area contributed by atoms with Crippen LogP contribution >= 0.6 is 0 Å². The maximum Gasteiger partial charge on any atom is 0.329 e. The van der Waals surface area contributed by atoms with Crippen LogP contribution in [0, 0.1) is 0 Å². The van der Waals surface area contributed by atoms with Crippen molar-refractivity contribution < 1.29 is 28.9 Å². The number of carboxylic acid groups (broad SMARTS) is 1. The summed E-state index contributed by atoms with van der Waals surface area (Å²) in [7, 11) is 0. The molecule has 7 heteroatoms. The lowest BCUT2D eigenvalue weighted by Gasteiger charge is -2.17. The van der Waals surface area contributed by atoms with Gasteiger partial charge in [-0.1, -0.05) is 0 Å². The van der Waals surface area contributed by atoms with E-state index < -0.39 is 24.8 Å². The Morgan fingerprint density at radius 3 is 2.24 bits per heavy atom. The summed E-state index contributed by atoms with van der Waals surface area (Å²) in [5.41, 5.74) is 0. The van der Waals surface area contributed by atoms with Crippen molar-refractivity contribution in [1.82, 2.24) is 5.32 Å². The molecule has 0 aromatic rings. The Kier molecular flexibility index (Phi) is 9.31. The molecule has 7 nitrogen and oxygen atoms in total. The Morgan fingerprint density at radius 2 is 1.76 bits per heavy atom. The molecule has 0 radical (unpaired) electrons. The highest BCUT2D eigenvalue weighted by Crippen LogP contribution is 1.93. The maximum atomic E-state index is 11.2. The minimum Gasteiger partial charge on any atom is -0.480 e. The van der Waals surface area contributed by atoms with Crippen LogP contribution in [0.3, 0.4) is 0 Å². The van der Waals surface area contributed by atoms with Crippen molar-refractivity contribution in [2.45, 2.75) is 20.1 Å². The van der Waals surface area contributed by atoms with Crippen molar-refractivity contribution in [3.05, 3.63) is 0 Å². The van der Waals surface area contributed by atoms with Crippen LogP contribution in [-0.2, 0) is 23.8 Å². The van der Waals surface area contributed by atoms with Crippen molar-refractivity contribution in [3.8, 4) is 0 Å². The van der Waals surface area contributed by atoms with E-state index in [1.54, 1.807) is 0 Å². The van der Waals surface area contributed by atoms with Gasteiger partial charge in [0.1, 0.15) is 13.2 Å². The van der Waals surface area contributed by atoms with Crippen LogP contribution in [-0.4, -0.2) is 56.2 Å². The van der Waals surface area contributed by atoms with E-state index in [-0.39, 0.29) is 13.2 Å². The number of nitrogens with one attached hydrogen (secondary N) is 1. The molecular formula is C10H19NO6. The van der Waals surface area contributed by atoms with Gasteiger partial charge in [0.25, 0.3) is 0 Å². The monoisotopic (exact) mass is 249 g/mol. The Labute approximate surface area is 100 Å². The van der Waals surface area contributed by atoms with Crippen LogP contribution in [0.15, 0.2) is 0 Å². The molecular weight excluding hydrogens is 230 g/mol. The average molecular weight is 249 g/mol. The van der Waals surface area contributed by atoms with Crippen molar-refractivity contribution >= 4 is 11.9 Å². The molecule has 0 aliphatic heterocycles. The van der Waals surface area contributed by atoms with Gasteiger partial charge in [-0.15, -0.1) is 0 Å². The van der Waals surface area contributed by atoms with Crippen molar-refractivity contribution in [2.75, 3.05) is 33.0 Å². The lowest BCUT2D eigenvalue weighted by atomic mass is 10.5. The fourth-order valence-corrected chi connectivity index (χ4v) is 1.02. The number of amides is 1. The second kappa shape index (κ2) is 10.0. The van der Waals surface area contributed by atoms with Crippen LogP contribution in [0.25, 0.3) is 0 Å². The molecule has 0 saturated carbocycles. The third kappa shape index (κ3) is 9.73. The van der Waals surface area contributed by atoms with Gasteiger partial charge < -0.3 is 24.6 Å². The van der Waals surface area contributed by atoms with Crippen LogP contribution in [0.5, 0.6) is 0 Å². The summed E-state index contributed by atoms with van der Waals surface area (Å²) in [5, 5.41) is 10.8. The topological polar surface area (TPSA) is 94.1 Å². The summed E-state index contributed by atoms with van der Waals surface area (Å²) < 4.78 is 15.0. The van der Waals surface area contributed by atoms with Crippen molar-refractivity contribution in [2.24, 2.45) is 0 Å². The predicted octanol–water partition coefficient (Wildman–Crippen LogP) is -0.397. The largest absolute Gasteiger partial charge is 0.480 e. The molecule has 0 rings (SSSR count). The van der Waals surface area contributed by atoms with E-state index in [0.717, 1.165) is 0 Å². The van der Waals surface area contributed by atoms with E-state index in [1.165, 1.54) is 0 Å². The van der Waals surface area contributed by atoms with E-state index in [1.807, 2.05) is 13.8 Å². The normalized spacial score (nSPS) is 10.5. The smallest absolute Gasteiger partial charge is 0.329 e. The van der Waals surface area contributed by atoms with Gasteiger partial charge in [0.05, 0.1) is 6.54 Å². The second-order valence-corrected chi connectivity index (χ2v) is 3.03. The molecule has 0 aliphatic carbocycles. The van der Waals surface area contributed by atoms with Crippen molar-refractivity contribution in [1.29, 1.82) is 0 Å². The van der Waals surface area contributed by atoms with E-state index in [0.29, 0.717) is 13.2 Å². The summed E-state index contributed by atoms with van der Waals surface area (Å²) >= 11 is 0. The first-order valence-corrected chi connectivity index (χ1v) is 5.39. The zero-order valence-corrected chi connectivity index (χ0v) is 10.1. The molecule has 0 aromatic carbocycles. The third-order valence-electron chi connectivity index (χ3n) is 1.63. The SMILES string of the molecule is CCOC(CNC(=O)COCC(=O)O)OCC. The zero-order chi connectivity index (χ0) is 13.1. The summed E-state index contributed by atoms with van der Waals surface area (Å²) in [5.74, 6) is -1.52. The highest BCUT2D eigenvalue weighted by atomic mass is 16.7. The van der Waals surface area contributed by atoms with Gasteiger partial charge >= 0.3 is 5.97 Å². The van der Waals surface area contributed by atoms with E-state index in [2.05, 4.69) is 10.1 Å². The Balaban J connectivity index is 3.68. The summed E-state index contributed by atoms with van der Waals surface area (Å²) in [4.78, 5) is 21.3. The molecule has 0 atom stereocenters. The molecule has 2 N–H and O–H groups in total. The minimum atomic E-state index is -1.11. The van der Waals surface area contributed by atoms with Gasteiger partial charge in [-0.2, -0.15) is 0 Å². The number of hydrogen-bond acceptors (Lipinski definition) is 5. The Bertz CT molecular complexity index is 227. The van der Waals surface area contributed by atoms with Crippen LogP contribution in [0.2, 0.25) is 0 Å². The Morgan fingerprint density at radius 1 is 1.18 bits per heavy atom. The molecule has 0 spiro atoms. The van der Waals surface area contributed by atoms with Gasteiger partial charge in [0.15, 0.2) is 6.29 Å². The number of carbonyl (C=O) groups is 2. The quantitative estimate of drug-likeness (QED) is 0.512. The minimum absolute atomic E-state index is 0.205. The molecule has 0 fully saturated rings. The van der Waals surface area contributed by atoms with Crippen LogP contribution < -0.4 is 5.32 Å². The first-order chi connectivity index (χ1) is 8.10. The van der Waals surface area contributed by atoms with E-state index in [9.17, 15) is 9.59 Å². The summed E-state index contributed by atoms with van der Waals surface area (Å²) in [6, 6.07) is 0. The predicted molar refractivity (Wildman–Crippen MR) is 58.5 cm³/mol. The first-order valence-electron chi connectivity index (χ1n) is 5.39. The second-order valence-electron chi connectivity index (χ2n) is 3.03.